The largest absolute Gasteiger partial charge is 0.427 e. The van der Waals surface area contributed by atoms with Gasteiger partial charge < -0.3 is 20.3 Å². The fourth-order valence-corrected chi connectivity index (χ4v) is 6.57. The summed E-state index contributed by atoms with van der Waals surface area (Å²) in [6.07, 6.45) is 7.99. The van der Waals surface area contributed by atoms with E-state index in [2.05, 4.69) is 17.6 Å². The number of imide groups is 1. The second kappa shape index (κ2) is 9.17. The molecule has 9 nitrogen and oxygen atoms in total. The molecular weight excluding hydrogens is 448 g/mol. The first-order chi connectivity index (χ1) is 16.8. The molecule has 188 valence electrons. The van der Waals surface area contributed by atoms with Crippen LogP contribution in [0.3, 0.4) is 0 Å². The van der Waals surface area contributed by atoms with Gasteiger partial charge in [0.05, 0.1) is 0 Å². The minimum Gasteiger partial charge on any atom is -0.427 e. The smallest absolute Gasteiger partial charge is 0.418 e. The van der Waals surface area contributed by atoms with Crippen molar-refractivity contribution in [1.29, 1.82) is 0 Å². The molecule has 9 heteroatoms. The monoisotopic (exact) mass is 482 g/mol. The predicted molar refractivity (Wildman–Crippen MR) is 129 cm³/mol. The Morgan fingerprint density at radius 3 is 2.63 bits per heavy atom. The van der Waals surface area contributed by atoms with E-state index in [1.54, 1.807) is 18.2 Å². The van der Waals surface area contributed by atoms with Crippen molar-refractivity contribution in [2.75, 3.05) is 18.9 Å². The molecule has 5 rings (SSSR count). The van der Waals surface area contributed by atoms with Gasteiger partial charge in [0.15, 0.2) is 0 Å². The van der Waals surface area contributed by atoms with Crippen LogP contribution in [-0.2, 0) is 26.3 Å². The maximum atomic E-state index is 13.6. The Bertz CT molecular complexity index is 1050. The van der Waals surface area contributed by atoms with Crippen LogP contribution in [0.2, 0.25) is 0 Å². The highest BCUT2D eigenvalue weighted by Crippen LogP contribution is 2.46. The molecule has 2 N–H and O–H groups in total. The van der Waals surface area contributed by atoms with Crippen LogP contribution in [0.5, 0.6) is 0 Å². The van der Waals surface area contributed by atoms with Gasteiger partial charge in [0.1, 0.15) is 6.54 Å². The molecule has 35 heavy (non-hydrogen) atoms. The van der Waals surface area contributed by atoms with Gasteiger partial charge in [-0.05, 0) is 62.6 Å². The summed E-state index contributed by atoms with van der Waals surface area (Å²) < 4.78 is 5.70. The van der Waals surface area contributed by atoms with Crippen LogP contribution < -0.4 is 10.6 Å². The van der Waals surface area contributed by atoms with E-state index >= 15 is 0 Å². The fourth-order valence-electron chi connectivity index (χ4n) is 6.57. The Labute approximate surface area is 205 Å². The zero-order chi connectivity index (χ0) is 24.7. The summed E-state index contributed by atoms with van der Waals surface area (Å²) in [6.45, 7) is 1.78. The highest BCUT2D eigenvalue weighted by atomic mass is 16.6. The van der Waals surface area contributed by atoms with E-state index in [1.165, 1.54) is 26.3 Å². The quantitative estimate of drug-likeness (QED) is 0.683. The van der Waals surface area contributed by atoms with Crippen molar-refractivity contribution in [1.82, 2.24) is 15.1 Å². The average Bonchev–Trinajstić information content (AvgIpc) is 3.49. The number of fused-ring (bicyclic) bond motifs is 2. The first-order valence-electron chi connectivity index (χ1n) is 12.8. The van der Waals surface area contributed by atoms with Crippen LogP contribution in [0.15, 0.2) is 18.2 Å². The number of nitrogens with one attached hydrogen (secondary N) is 2. The standard InChI is InChI=1S/C26H34N4O5/c1-16-8-11-21(17-6-4-3-5-7-17)30(16)22(31)15-29-23(32)26(35-25(29)34)13-12-18-14-19(9-10-20(18)26)28-24(33)27-2/h9-10,14,16-17,21H,3-8,11-13,15H2,1-2H3,(H2,27,28,33)/t16-,21-,26+/m0/s1. The lowest BCUT2D eigenvalue weighted by Gasteiger charge is -2.36. The van der Waals surface area contributed by atoms with Gasteiger partial charge in [0.25, 0.3) is 5.91 Å². The van der Waals surface area contributed by atoms with Gasteiger partial charge in [-0.15, -0.1) is 0 Å². The molecule has 4 aliphatic rings. The number of urea groups is 1. The third-order valence-electron chi connectivity index (χ3n) is 8.33. The molecule has 0 radical (unpaired) electrons. The summed E-state index contributed by atoms with van der Waals surface area (Å²) >= 11 is 0. The molecule has 2 heterocycles. The molecular formula is C26H34N4O5. The molecule has 5 amide bonds. The van der Waals surface area contributed by atoms with Gasteiger partial charge in [-0.2, -0.15) is 0 Å². The van der Waals surface area contributed by atoms with Gasteiger partial charge in [0, 0.05) is 36.8 Å². The molecule has 0 unspecified atom stereocenters. The normalized spacial score (nSPS) is 28.4. The molecule has 1 spiro atoms. The average molecular weight is 483 g/mol. The Morgan fingerprint density at radius 2 is 1.89 bits per heavy atom. The topological polar surface area (TPSA) is 108 Å². The summed E-state index contributed by atoms with van der Waals surface area (Å²) in [5.41, 5.74) is 0.680. The van der Waals surface area contributed by atoms with Crippen LogP contribution in [-0.4, -0.2) is 59.4 Å². The van der Waals surface area contributed by atoms with E-state index in [0.717, 1.165) is 36.1 Å². The van der Waals surface area contributed by atoms with Crippen molar-refractivity contribution < 1.29 is 23.9 Å². The molecule has 3 atom stereocenters. The number of hydrogen-bond acceptors (Lipinski definition) is 5. The van der Waals surface area contributed by atoms with E-state index in [9.17, 15) is 19.2 Å². The lowest BCUT2D eigenvalue weighted by Crippen LogP contribution is -2.50. The molecule has 0 bridgehead atoms. The molecule has 1 saturated carbocycles. The van der Waals surface area contributed by atoms with Crippen molar-refractivity contribution in [3.63, 3.8) is 0 Å². The van der Waals surface area contributed by atoms with Crippen LogP contribution in [0.1, 0.15) is 69.4 Å². The molecule has 2 aliphatic heterocycles. The highest BCUT2D eigenvalue weighted by Gasteiger charge is 2.58. The maximum Gasteiger partial charge on any atom is 0.418 e. The number of ether oxygens (including phenoxy) is 1. The number of carbonyl (C=O) groups excluding carboxylic acids is 4. The van der Waals surface area contributed by atoms with Crippen LogP contribution >= 0.6 is 0 Å². The first-order valence-corrected chi connectivity index (χ1v) is 12.8. The van der Waals surface area contributed by atoms with E-state index in [1.807, 2.05) is 4.90 Å². The lowest BCUT2D eigenvalue weighted by molar-refractivity contribution is -0.143. The Balaban J connectivity index is 1.32. The number of rotatable bonds is 4. The molecule has 2 aliphatic carbocycles. The summed E-state index contributed by atoms with van der Waals surface area (Å²) in [4.78, 5) is 54.5. The van der Waals surface area contributed by atoms with Crippen molar-refractivity contribution in [3.8, 4) is 0 Å². The molecule has 2 saturated heterocycles. The SMILES string of the molecule is CNC(=O)Nc1ccc2c(c1)CC[C@@]21OC(=O)N(CC(=O)N2[C@@H](C)CC[C@H]2C2CCCCC2)C1=O. The number of hydrogen-bond donors (Lipinski definition) is 2. The number of carbonyl (C=O) groups is 4. The summed E-state index contributed by atoms with van der Waals surface area (Å²) in [7, 11) is 1.53. The number of aryl methyl sites for hydroxylation is 1. The Hall–Kier alpha value is -3.10. The van der Waals surface area contributed by atoms with Gasteiger partial charge in [-0.3, -0.25) is 9.59 Å². The Kier molecular flexibility index (Phi) is 6.19. The number of nitrogens with zero attached hydrogens (tertiary/aromatic N) is 2. The van der Waals surface area contributed by atoms with Crippen molar-refractivity contribution in [2.45, 2.75) is 82.4 Å². The molecule has 1 aromatic carbocycles. The minimum atomic E-state index is -1.39. The lowest BCUT2D eigenvalue weighted by atomic mass is 9.83. The van der Waals surface area contributed by atoms with Gasteiger partial charge in [0.2, 0.25) is 11.5 Å². The zero-order valence-electron chi connectivity index (χ0n) is 20.5. The molecule has 0 aromatic heterocycles. The van der Waals surface area contributed by atoms with Crippen molar-refractivity contribution >= 4 is 29.6 Å². The van der Waals surface area contributed by atoms with Crippen LogP contribution in [0.4, 0.5) is 15.3 Å². The maximum absolute atomic E-state index is 13.6. The van der Waals surface area contributed by atoms with Crippen LogP contribution in [0, 0.1) is 5.92 Å². The number of amides is 5. The third kappa shape index (κ3) is 4.04. The summed E-state index contributed by atoms with van der Waals surface area (Å²) in [5.74, 6) is -0.136. The second-order valence-corrected chi connectivity index (χ2v) is 10.4. The summed E-state index contributed by atoms with van der Waals surface area (Å²) in [5, 5.41) is 5.22. The van der Waals surface area contributed by atoms with E-state index in [4.69, 9.17) is 4.74 Å². The van der Waals surface area contributed by atoms with Crippen molar-refractivity contribution in [2.24, 2.45) is 5.92 Å². The van der Waals surface area contributed by atoms with Crippen LogP contribution in [0.25, 0.3) is 0 Å². The first kappa shape index (κ1) is 23.6. The van der Waals surface area contributed by atoms with Gasteiger partial charge in [-0.1, -0.05) is 25.3 Å². The van der Waals surface area contributed by atoms with Gasteiger partial charge in [-0.25, -0.2) is 14.5 Å². The third-order valence-corrected chi connectivity index (χ3v) is 8.33. The number of benzene rings is 1. The van der Waals surface area contributed by atoms with Gasteiger partial charge >= 0.3 is 12.1 Å². The number of anilines is 1. The van der Waals surface area contributed by atoms with E-state index in [-0.39, 0.29) is 30.6 Å². The minimum absolute atomic E-state index is 0.107. The van der Waals surface area contributed by atoms with E-state index in [0.29, 0.717) is 30.0 Å². The van der Waals surface area contributed by atoms with E-state index < -0.39 is 17.6 Å². The molecule has 1 aromatic rings. The predicted octanol–water partition coefficient (Wildman–Crippen LogP) is 3.52. The zero-order valence-corrected chi connectivity index (χ0v) is 20.5. The Morgan fingerprint density at radius 1 is 1.11 bits per heavy atom. The highest BCUT2D eigenvalue weighted by molar-refractivity contribution is 6.06. The summed E-state index contributed by atoms with van der Waals surface area (Å²) in [6, 6.07) is 5.18. The second-order valence-electron chi connectivity index (χ2n) is 10.4. The van der Waals surface area contributed by atoms with Crippen molar-refractivity contribution in [3.05, 3.63) is 29.3 Å². The number of likely N-dealkylation sites (tertiary alicyclic amines) is 1. The fraction of sp³-hybridized carbons (Fsp3) is 0.615. The molecule has 3 fully saturated rings.